The second-order valence-corrected chi connectivity index (χ2v) is 7.64. The molecule has 4 aromatic rings. The summed E-state index contributed by atoms with van der Waals surface area (Å²) in [5.74, 6) is -0.839. The van der Waals surface area contributed by atoms with Crippen molar-refractivity contribution < 1.29 is 14.7 Å². The lowest BCUT2D eigenvalue weighted by atomic mass is 9.85. The molecule has 0 saturated heterocycles. The predicted octanol–water partition coefficient (Wildman–Crippen LogP) is 5.10. The summed E-state index contributed by atoms with van der Waals surface area (Å²) in [4.78, 5) is 26.7. The normalized spacial score (nSPS) is 11.1. The molecule has 0 spiro atoms. The molecule has 2 N–H and O–H groups in total. The highest BCUT2D eigenvalue weighted by Crippen LogP contribution is 2.32. The smallest absolute Gasteiger partial charge is 0.265 e. The van der Waals surface area contributed by atoms with Gasteiger partial charge >= 0.3 is 0 Å². The largest absolute Gasteiger partial charge is 0.372 e. The van der Waals surface area contributed by atoms with Gasteiger partial charge in [0.05, 0.1) is 5.69 Å². The van der Waals surface area contributed by atoms with Gasteiger partial charge in [0.1, 0.15) is 0 Å². The number of benzene rings is 4. The SMILES string of the molecule is Cc1ccc(NC(=O)C(O)(c2ccccc2)c2ccccc2)c(C(=O)c2ccccc2)c1. The third kappa shape index (κ3) is 4.09. The number of rotatable bonds is 6. The summed E-state index contributed by atoms with van der Waals surface area (Å²) in [5, 5.41) is 14.5. The van der Waals surface area contributed by atoms with E-state index in [9.17, 15) is 14.7 Å². The molecule has 0 saturated carbocycles. The fourth-order valence-corrected chi connectivity index (χ4v) is 3.70. The summed E-state index contributed by atoms with van der Waals surface area (Å²) in [6, 6.07) is 31.7. The first kappa shape index (κ1) is 21.2. The molecular weight excluding hydrogens is 398 g/mol. The van der Waals surface area contributed by atoms with Crippen LogP contribution in [0.5, 0.6) is 0 Å². The van der Waals surface area contributed by atoms with E-state index in [0.29, 0.717) is 27.9 Å². The Morgan fingerprint density at radius 2 is 1.22 bits per heavy atom. The van der Waals surface area contributed by atoms with E-state index < -0.39 is 11.5 Å². The van der Waals surface area contributed by atoms with Gasteiger partial charge < -0.3 is 10.4 Å². The van der Waals surface area contributed by atoms with Crippen molar-refractivity contribution in [1.29, 1.82) is 0 Å². The van der Waals surface area contributed by atoms with E-state index in [4.69, 9.17) is 0 Å². The van der Waals surface area contributed by atoms with Gasteiger partial charge in [0, 0.05) is 11.1 Å². The molecule has 0 radical (unpaired) electrons. The van der Waals surface area contributed by atoms with Crippen LogP contribution in [0, 0.1) is 6.92 Å². The van der Waals surface area contributed by atoms with Crippen molar-refractivity contribution in [2.24, 2.45) is 0 Å². The van der Waals surface area contributed by atoms with Gasteiger partial charge in [-0.15, -0.1) is 0 Å². The maximum absolute atomic E-state index is 13.6. The monoisotopic (exact) mass is 421 g/mol. The summed E-state index contributed by atoms with van der Waals surface area (Å²) in [6.45, 7) is 1.89. The summed E-state index contributed by atoms with van der Waals surface area (Å²) in [7, 11) is 0. The molecule has 0 unspecified atom stereocenters. The van der Waals surface area contributed by atoms with Gasteiger partial charge in [-0.05, 0) is 30.2 Å². The molecule has 4 heteroatoms. The average Bonchev–Trinajstić information content (AvgIpc) is 2.85. The van der Waals surface area contributed by atoms with Crippen LogP contribution in [0.3, 0.4) is 0 Å². The van der Waals surface area contributed by atoms with E-state index in [2.05, 4.69) is 5.32 Å². The molecule has 0 aromatic heterocycles. The Labute approximate surface area is 187 Å². The number of anilines is 1. The van der Waals surface area contributed by atoms with Crippen molar-refractivity contribution >= 4 is 17.4 Å². The van der Waals surface area contributed by atoms with Crippen LogP contribution in [0.25, 0.3) is 0 Å². The third-order valence-electron chi connectivity index (χ3n) is 5.42. The van der Waals surface area contributed by atoms with E-state index in [1.54, 1.807) is 84.9 Å². The highest BCUT2D eigenvalue weighted by atomic mass is 16.3. The van der Waals surface area contributed by atoms with Crippen LogP contribution in [-0.4, -0.2) is 16.8 Å². The number of carbonyl (C=O) groups is 2. The first-order chi connectivity index (χ1) is 15.5. The van der Waals surface area contributed by atoms with Gasteiger partial charge in [-0.2, -0.15) is 0 Å². The van der Waals surface area contributed by atoms with Crippen LogP contribution in [0.15, 0.2) is 109 Å². The van der Waals surface area contributed by atoms with E-state index in [0.717, 1.165) is 5.56 Å². The van der Waals surface area contributed by atoms with Gasteiger partial charge in [0.25, 0.3) is 5.91 Å². The molecule has 0 bridgehead atoms. The number of amides is 1. The zero-order chi connectivity index (χ0) is 22.6. The van der Waals surface area contributed by atoms with Crippen molar-refractivity contribution in [2.75, 3.05) is 5.32 Å². The fourth-order valence-electron chi connectivity index (χ4n) is 3.70. The number of aliphatic hydroxyl groups is 1. The van der Waals surface area contributed by atoms with Gasteiger partial charge in [-0.3, -0.25) is 9.59 Å². The second-order valence-electron chi connectivity index (χ2n) is 7.64. The molecule has 0 atom stereocenters. The van der Waals surface area contributed by atoms with Crippen LogP contribution in [-0.2, 0) is 10.4 Å². The predicted molar refractivity (Wildman–Crippen MR) is 126 cm³/mol. The van der Waals surface area contributed by atoms with Crippen molar-refractivity contribution in [3.63, 3.8) is 0 Å². The Hall–Kier alpha value is -4.02. The Balaban J connectivity index is 1.76. The standard InChI is InChI=1S/C28H23NO3/c1-20-17-18-25(24(19-20)26(30)21-11-5-2-6-12-21)29-27(31)28(32,22-13-7-3-8-14-22)23-15-9-4-10-16-23/h2-19,32H,1H3,(H,29,31). The minimum atomic E-state index is -1.93. The van der Waals surface area contributed by atoms with E-state index in [1.807, 2.05) is 31.2 Å². The van der Waals surface area contributed by atoms with E-state index in [1.165, 1.54) is 0 Å². The van der Waals surface area contributed by atoms with Crippen LogP contribution in [0.2, 0.25) is 0 Å². The fraction of sp³-hybridized carbons (Fsp3) is 0.0714. The van der Waals surface area contributed by atoms with Crippen LogP contribution < -0.4 is 5.32 Å². The maximum Gasteiger partial charge on any atom is 0.265 e. The van der Waals surface area contributed by atoms with E-state index >= 15 is 0 Å². The highest BCUT2D eigenvalue weighted by molar-refractivity contribution is 6.14. The molecule has 4 nitrogen and oxygen atoms in total. The van der Waals surface area contributed by atoms with Crippen molar-refractivity contribution in [2.45, 2.75) is 12.5 Å². The lowest BCUT2D eigenvalue weighted by Crippen LogP contribution is -2.41. The summed E-state index contributed by atoms with van der Waals surface area (Å²) >= 11 is 0. The van der Waals surface area contributed by atoms with Crippen LogP contribution in [0.4, 0.5) is 5.69 Å². The maximum atomic E-state index is 13.6. The molecule has 0 aliphatic rings. The Kier molecular flexibility index (Phi) is 5.97. The van der Waals surface area contributed by atoms with Gasteiger partial charge in [0.2, 0.25) is 0 Å². The number of carbonyl (C=O) groups excluding carboxylic acids is 2. The average molecular weight is 421 g/mol. The number of nitrogens with one attached hydrogen (secondary N) is 1. The number of hydrogen-bond donors (Lipinski definition) is 2. The van der Waals surface area contributed by atoms with Crippen molar-refractivity contribution in [3.05, 3.63) is 137 Å². The van der Waals surface area contributed by atoms with Crippen LogP contribution in [0.1, 0.15) is 32.6 Å². The van der Waals surface area contributed by atoms with Gasteiger partial charge in [0.15, 0.2) is 11.4 Å². The molecule has 0 heterocycles. The second kappa shape index (κ2) is 9.00. The molecule has 158 valence electrons. The Morgan fingerprint density at radius 1 is 0.719 bits per heavy atom. The minimum Gasteiger partial charge on any atom is -0.372 e. The third-order valence-corrected chi connectivity index (χ3v) is 5.42. The number of hydrogen-bond acceptors (Lipinski definition) is 3. The summed E-state index contributed by atoms with van der Waals surface area (Å²) in [5.41, 5.74) is 1.07. The summed E-state index contributed by atoms with van der Waals surface area (Å²) < 4.78 is 0. The minimum absolute atomic E-state index is 0.201. The Morgan fingerprint density at radius 3 is 1.75 bits per heavy atom. The van der Waals surface area contributed by atoms with Crippen molar-refractivity contribution in [1.82, 2.24) is 0 Å². The highest BCUT2D eigenvalue weighted by Gasteiger charge is 2.40. The molecular formula is C28H23NO3. The lowest BCUT2D eigenvalue weighted by Gasteiger charge is -2.28. The van der Waals surface area contributed by atoms with Gasteiger partial charge in [-0.1, -0.05) is 103 Å². The molecule has 0 aliphatic carbocycles. The van der Waals surface area contributed by atoms with E-state index in [-0.39, 0.29) is 5.78 Å². The number of ketones is 1. The Bertz CT molecular complexity index is 1200. The molecule has 1 amide bonds. The van der Waals surface area contributed by atoms with Crippen molar-refractivity contribution in [3.8, 4) is 0 Å². The van der Waals surface area contributed by atoms with Gasteiger partial charge in [-0.25, -0.2) is 0 Å². The van der Waals surface area contributed by atoms with Crippen LogP contribution >= 0.6 is 0 Å². The molecule has 4 rings (SSSR count). The molecule has 0 fully saturated rings. The lowest BCUT2D eigenvalue weighted by molar-refractivity contribution is -0.131. The molecule has 0 aliphatic heterocycles. The molecule has 4 aromatic carbocycles. The zero-order valence-corrected chi connectivity index (χ0v) is 17.7. The zero-order valence-electron chi connectivity index (χ0n) is 17.7. The first-order valence-electron chi connectivity index (χ1n) is 10.4. The summed E-state index contributed by atoms with van der Waals surface area (Å²) in [6.07, 6.45) is 0. The first-order valence-corrected chi connectivity index (χ1v) is 10.4. The molecule has 32 heavy (non-hydrogen) atoms. The topological polar surface area (TPSA) is 66.4 Å². The number of aryl methyl sites for hydroxylation is 1. The quantitative estimate of drug-likeness (QED) is 0.426.